The highest BCUT2D eigenvalue weighted by Gasteiger charge is 2.25. The number of nitrogens with zero attached hydrogens (tertiary/aromatic N) is 2. The average Bonchev–Trinajstić information content (AvgIpc) is 3.07. The highest BCUT2D eigenvalue weighted by Crippen LogP contribution is 2.24. The largest absolute Gasteiger partial charge is 0.390 e. The Morgan fingerprint density at radius 1 is 1.41 bits per heavy atom. The van der Waals surface area contributed by atoms with E-state index in [1.165, 1.54) is 12.1 Å². The molecule has 7 heteroatoms. The molecule has 1 aromatic carbocycles. The summed E-state index contributed by atoms with van der Waals surface area (Å²) in [5, 5.41) is 13.0. The van der Waals surface area contributed by atoms with Crippen molar-refractivity contribution >= 4 is 16.9 Å². The van der Waals surface area contributed by atoms with Gasteiger partial charge in [0.1, 0.15) is 11.3 Å². The number of fused-ring (bicyclic) bond motifs is 1. The van der Waals surface area contributed by atoms with Crippen molar-refractivity contribution in [3.63, 3.8) is 0 Å². The highest BCUT2D eigenvalue weighted by atomic mass is 19.1. The van der Waals surface area contributed by atoms with Crippen LogP contribution in [0, 0.1) is 18.7 Å². The van der Waals surface area contributed by atoms with Crippen LogP contribution in [0.2, 0.25) is 0 Å². The van der Waals surface area contributed by atoms with E-state index in [2.05, 4.69) is 10.3 Å². The second-order valence-corrected chi connectivity index (χ2v) is 7.53. The summed E-state index contributed by atoms with van der Waals surface area (Å²) in [5.74, 6) is -0.547. The minimum atomic E-state index is -0.571. The van der Waals surface area contributed by atoms with Gasteiger partial charge >= 0.3 is 0 Å². The first-order chi connectivity index (χ1) is 14.0. The van der Waals surface area contributed by atoms with Gasteiger partial charge in [0, 0.05) is 38.0 Å². The van der Waals surface area contributed by atoms with Gasteiger partial charge in [-0.2, -0.15) is 0 Å². The van der Waals surface area contributed by atoms with E-state index >= 15 is 0 Å². The first-order valence-corrected chi connectivity index (χ1v) is 9.76. The third-order valence-electron chi connectivity index (χ3n) is 5.43. The van der Waals surface area contributed by atoms with Crippen LogP contribution >= 0.6 is 0 Å². The lowest BCUT2D eigenvalue weighted by Gasteiger charge is -2.27. The molecule has 29 heavy (non-hydrogen) atoms. The van der Waals surface area contributed by atoms with Gasteiger partial charge in [-0.25, -0.2) is 4.39 Å². The smallest absolute Gasteiger partial charge is 0.255 e. The molecule has 0 radical (unpaired) electrons. The molecule has 1 aliphatic rings. The van der Waals surface area contributed by atoms with E-state index in [1.807, 2.05) is 23.6 Å². The summed E-state index contributed by atoms with van der Waals surface area (Å²) in [5.41, 5.74) is 3.74. The maximum Gasteiger partial charge on any atom is 0.255 e. The summed E-state index contributed by atoms with van der Waals surface area (Å²) in [6.07, 6.45) is 3.59. The average molecular weight is 397 g/mol. The Morgan fingerprint density at radius 3 is 3.07 bits per heavy atom. The lowest BCUT2D eigenvalue weighted by molar-refractivity contribution is -0.0425. The summed E-state index contributed by atoms with van der Waals surface area (Å²) in [6.45, 7) is 3.67. The molecular weight excluding hydrogens is 373 g/mol. The fraction of sp³-hybridized carbons (Fsp3) is 0.364. The minimum absolute atomic E-state index is 0.0250. The van der Waals surface area contributed by atoms with Crippen LogP contribution in [-0.2, 0) is 11.3 Å². The molecule has 2 aromatic heterocycles. The number of aryl methyl sites for hydroxylation is 1. The van der Waals surface area contributed by atoms with Gasteiger partial charge < -0.3 is 19.7 Å². The van der Waals surface area contributed by atoms with Crippen molar-refractivity contribution in [3.8, 4) is 0 Å². The molecule has 1 amide bonds. The maximum atomic E-state index is 13.6. The first kappa shape index (κ1) is 19.5. The zero-order valence-corrected chi connectivity index (χ0v) is 16.3. The highest BCUT2D eigenvalue weighted by molar-refractivity contribution is 6.06. The normalized spacial score (nSPS) is 19.4. The molecule has 1 saturated heterocycles. The van der Waals surface area contributed by atoms with Crippen molar-refractivity contribution < 1.29 is 19.0 Å². The number of hydrogen-bond donors (Lipinski definition) is 2. The molecule has 0 spiro atoms. The van der Waals surface area contributed by atoms with Crippen molar-refractivity contribution in [1.29, 1.82) is 0 Å². The van der Waals surface area contributed by atoms with Crippen LogP contribution in [0.25, 0.3) is 11.0 Å². The topological polar surface area (TPSA) is 76.4 Å². The van der Waals surface area contributed by atoms with Gasteiger partial charge in [-0.05, 0) is 42.7 Å². The molecule has 3 heterocycles. The van der Waals surface area contributed by atoms with Crippen molar-refractivity contribution in [3.05, 3.63) is 65.2 Å². The van der Waals surface area contributed by atoms with Crippen molar-refractivity contribution in [1.82, 2.24) is 14.9 Å². The van der Waals surface area contributed by atoms with E-state index in [0.717, 1.165) is 16.6 Å². The monoisotopic (exact) mass is 397 g/mol. The zero-order valence-electron chi connectivity index (χ0n) is 16.3. The minimum Gasteiger partial charge on any atom is -0.390 e. The first-order valence-electron chi connectivity index (χ1n) is 9.76. The Bertz CT molecular complexity index is 1030. The molecular formula is C22H24FN3O3. The summed E-state index contributed by atoms with van der Waals surface area (Å²) >= 11 is 0. The van der Waals surface area contributed by atoms with E-state index in [4.69, 9.17) is 4.74 Å². The van der Waals surface area contributed by atoms with Crippen LogP contribution in [0.4, 0.5) is 4.39 Å². The molecule has 152 valence electrons. The van der Waals surface area contributed by atoms with Crippen LogP contribution in [0.1, 0.15) is 27.9 Å². The fourth-order valence-corrected chi connectivity index (χ4v) is 3.84. The molecule has 2 N–H and O–H groups in total. The van der Waals surface area contributed by atoms with Gasteiger partial charge in [0.25, 0.3) is 5.91 Å². The number of aromatic nitrogens is 2. The van der Waals surface area contributed by atoms with E-state index in [-0.39, 0.29) is 17.6 Å². The predicted octanol–water partition coefficient (Wildman–Crippen LogP) is 2.66. The van der Waals surface area contributed by atoms with E-state index in [9.17, 15) is 14.3 Å². The standard InChI is InChI=1S/C22H24FN3O3/c1-14-5-7-24-20-18(22(28)25-10-16-6-8-29-13-19(16)27)12-26(21(14)20)11-15-3-2-4-17(23)9-15/h2-5,7,9,12,16,19,27H,6,8,10-11,13H2,1H3,(H,25,28)/t16-,19?/m1/s1. The Labute approximate surface area is 168 Å². The Hall–Kier alpha value is -2.77. The summed E-state index contributed by atoms with van der Waals surface area (Å²) < 4.78 is 20.8. The number of carbonyl (C=O) groups is 1. The number of nitrogens with one attached hydrogen (secondary N) is 1. The van der Waals surface area contributed by atoms with Gasteiger partial charge in [-0.15, -0.1) is 0 Å². The lowest BCUT2D eigenvalue weighted by atomic mass is 9.97. The van der Waals surface area contributed by atoms with Crippen LogP contribution in [0.5, 0.6) is 0 Å². The van der Waals surface area contributed by atoms with Crippen LogP contribution in [0.3, 0.4) is 0 Å². The number of ether oxygens (including phenoxy) is 1. The number of halogens is 1. The number of pyridine rings is 1. The van der Waals surface area contributed by atoms with Crippen molar-refractivity contribution in [2.45, 2.75) is 26.0 Å². The van der Waals surface area contributed by atoms with Gasteiger partial charge in [0.15, 0.2) is 0 Å². The quantitative estimate of drug-likeness (QED) is 0.694. The molecule has 4 rings (SSSR count). The third-order valence-corrected chi connectivity index (χ3v) is 5.43. The van der Waals surface area contributed by atoms with Crippen molar-refractivity contribution in [2.24, 2.45) is 5.92 Å². The second-order valence-electron chi connectivity index (χ2n) is 7.53. The zero-order chi connectivity index (χ0) is 20.4. The molecule has 1 fully saturated rings. The third kappa shape index (κ3) is 4.16. The molecule has 1 aliphatic heterocycles. The number of hydrogen-bond acceptors (Lipinski definition) is 4. The van der Waals surface area contributed by atoms with Crippen LogP contribution in [0.15, 0.2) is 42.7 Å². The second kappa shape index (κ2) is 8.31. The molecule has 2 atom stereocenters. The van der Waals surface area contributed by atoms with Gasteiger partial charge in [0.2, 0.25) is 0 Å². The van der Waals surface area contributed by atoms with E-state index < -0.39 is 6.10 Å². The molecule has 3 aromatic rings. The number of amides is 1. The summed E-state index contributed by atoms with van der Waals surface area (Å²) in [7, 11) is 0. The molecule has 6 nitrogen and oxygen atoms in total. The molecule has 1 unspecified atom stereocenters. The van der Waals surface area contributed by atoms with Gasteiger partial charge in [-0.1, -0.05) is 12.1 Å². The van der Waals surface area contributed by atoms with Crippen LogP contribution in [-0.4, -0.2) is 46.4 Å². The number of aliphatic hydroxyl groups excluding tert-OH is 1. The Balaban J connectivity index is 1.60. The lowest BCUT2D eigenvalue weighted by Crippen LogP contribution is -2.40. The fourth-order valence-electron chi connectivity index (χ4n) is 3.84. The van der Waals surface area contributed by atoms with E-state index in [0.29, 0.717) is 43.8 Å². The molecule has 0 saturated carbocycles. The van der Waals surface area contributed by atoms with Crippen LogP contribution < -0.4 is 5.32 Å². The molecule has 0 bridgehead atoms. The van der Waals surface area contributed by atoms with E-state index in [1.54, 1.807) is 18.5 Å². The Morgan fingerprint density at radius 2 is 2.28 bits per heavy atom. The predicted molar refractivity (Wildman–Crippen MR) is 107 cm³/mol. The number of rotatable bonds is 5. The molecule has 0 aliphatic carbocycles. The summed E-state index contributed by atoms with van der Waals surface area (Å²) in [6, 6.07) is 8.32. The van der Waals surface area contributed by atoms with Gasteiger partial charge in [0.05, 0.1) is 23.8 Å². The number of aliphatic hydroxyl groups is 1. The maximum absolute atomic E-state index is 13.6. The number of carbonyl (C=O) groups excluding carboxylic acids is 1. The Kier molecular flexibility index (Phi) is 5.60. The SMILES string of the molecule is Cc1ccnc2c(C(=O)NC[C@H]3CCOCC3O)cn(Cc3cccc(F)c3)c12. The van der Waals surface area contributed by atoms with Gasteiger partial charge in [-0.3, -0.25) is 9.78 Å². The summed E-state index contributed by atoms with van der Waals surface area (Å²) in [4.78, 5) is 17.3. The van der Waals surface area contributed by atoms with Crippen molar-refractivity contribution in [2.75, 3.05) is 19.8 Å². The number of benzene rings is 1.